The van der Waals surface area contributed by atoms with Gasteiger partial charge in [-0.1, -0.05) is 35.3 Å². The van der Waals surface area contributed by atoms with Gasteiger partial charge in [-0.3, -0.25) is 14.5 Å². The first-order chi connectivity index (χ1) is 19.9. The molecule has 2 heterocycles. The number of nitrogens with zero attached hydrogens (tertiary/aromatic N) is 4. The number of methoxy groups -OCH3 is 1. The van der Waals surface area contributed by atoms with Crippen LogP contribution in [0, 0.1) is 13.8 Å². The van der Waals surface area contributed by atoms with E-state index in [-0.39, 0.29) is 24.3 Å². The highest BCUT2D eigenvalue weighted by Gasteiger charge is 2.41. The summed E-state index contributed by atoms with van der Waals surface area (Å²) in [6, 6.07) is 16.1. The van der Waals surface area contributed by atoms with E-state index in [2.05, 4.69) is 18.4 Å². The molecule has 5 rings (SSSR count). The van der Waals surface area contributed by atoms with Gasteiger partial charge in [0.1, 0.15) is 17.6 Å². The van der Waals surface area contributed by atoms with Gasteiger partial charge in [-0.15, -0.1) is 0 Å². The quantitative estimate of drug-likeness (QED) is 0.229. The number of hydrogen-bond donors (Lipinski definition) is 0. The molecule has 1 unspecified atom stereocenters. The maximum absolute atomic E-state index is 14.1. The van der Waals surface area contributed by atoms with Crippen LogP contribution in [0.15, 0.2) is 54.6 Å². The highest BCUT2D eigenvalue weighted by atomic mass is 35.5. The first-order valence-corrected chi connectivity index (χ1v) is 14.5. The Labute approximate surface area is 256 Å². The van der Waals surface area contributed by atoms with Crippen molar-refractivity contribution < 1.29 is 14.3 Å². The molecule has 0 radical (unpaired) electrons. The average molecular weight is 606 g/mol. The number of aromatic nitrogens is 2. The Morgan fingerprint density at radius 1 is 1.00 bits per heavy atom. The summed E-state index contributed by atoms with van der Waals surface area (Å²) in [5.74, 6) is 1.01. The third-order valence-corrected chi connectivity index (χ3v) is 8.17. The second-order valence-corrected chi connectivity index (χ2v) is 12.0. The zero-order valence-corrected chi connectivity index (χ0v) is 26.3. The van der Waals surface area contributed by atoms with E-state index in [4.69, 9.17) is 32.9 Å². The lowest BCUT2D eigenvalue weighted by Gasteiger charge is -2.38. The molecule has 0 bridgehead atoms. The molecular weight excluding hydrogens is 571 g/mol. The third-order valence-electron chi connectivity index (χ3n) is 7.70. The highest BCUT2D eigenvalue weighted by molar-refractivity contribution is 6.31. The van der Waals surface area contributed by atoms with Crippen LogP contribution < -0.4 is 9.64 Å². The van der Waals surface area contributed by atoms with E-state index in [1.807, 2.05) is 61.2 Å². The molecule has 3 aromatic carbocycles. The topological polar surface area (TPSA) is 67.7 Å². The number of hydrogen-bond acceptors (Lipinski definition) is 4. The number of imidazole rings is 1. The Hall–Kier alpha value is -3.81. The average Bonchev–Trinajstić information content (AvgIpc) is 3.32. The fourth-order valence-electron chi connectivity index (χ4n) is 5.74. The van der Waals surface area contributed by atoms with Gasteiger partial charge in [-0.2, -0.15) is 0 Å². The number of benzene rings is 3. The van der Waals surface area contributed by atoms with Crippen molar-refractivity contribution in [3.63, 3.8) is 0 Å². The zero-order chi connectivity index (χ0) is 30.5. The van der Waals surface area contributed by atoms with Crippen molar-refractivity contribution in [3.8, 4) is 17.1 Å². The number of amides is 2. The molecule has 218 valence electrons. The summed E-state index contributed by atoms with van der Waals surface area (Å²) >= 11 is 12.9. The fourth-order valence-corrected chi connectivity index (χ4v) is 6.13. The molecule has 0 fully saturated rings. The summed E-state index contributed by atoms with van der Waals surface area (Å²) in [6.07, 6.45) is 0.107. The van der Waals surface area contributed by atoms with Crippen molar-refractivity contribution in [2.75, 3.05) is 26.1 Å². The number of aryl methyl sites for hydroxylation is 2. The van der Waals surface area contributed by atoms with E-state index in [1.54, 1.807) is 33.3 Å². The van der Waals surface area contributed by atoms with Crippen LogP contribution in [0.2, 0.25) is 10.0 Å². The Balaban J connectivity index is 1.84. The summed E-state index contributed by atoms with van der Waals surface area (Å²) in [6.45, 7) is 8.15. The summed E-state index contributed by atoms with van der Waals surface area (Å²) in [5, 5.41) is 1.17. The van der Waals surface area contributed by atoms with E-state index in [0.29, 0.717) is 38.4 Å². The third kappa shape index (κ3) is 5.16. The normalized spacial score (nSPS) is 14.8. The standard InChI is InChI=1S/C33H34Cl2N4O3/c1-18(2)38-31-26(36-32(38)25-15-21(33(41)37(5)6)9-13-28(25)42-7)17-29(40)39(27-16-23(35)10-8-19(27)3)30(31)24-12-11-22(34)14-20(24)4/h8-16,18,30H,17H2,1-7H3. The van der Waals surface area contributed by atoms with E-state index in [1.165, 1.54) is 4.90 Å². The van der Waals surface area contributed by atoms with Crippen LogP contribution in [0.1, 0.15) is 64.4 Å². The van der Waals surface area contributed by atoms with Gasteiger partial charge in [0.25, 0.3) is 5.91 Å². The van der Waals surface area contributed by atoms with Crippen LogP contribution in [0.25, 0.3) is 11.4 Å². The zero-order valence-electron chi connectivity index (χ0n) is 24.8. The van der Waals surface area contributed by atoms with Crippen LogP contribution in [0.4, 0.5) is 5.69 Å². The summed E-state index contributed by atoms with van der Waals surface area (Å²) in [7, 11) is 5.04. The van der Waals surface area contributed by atoms with Gasteiger partial charge in [-0.25, -0.2) is 4.98 Å². The number of ether oxygens (including phenoxy) is 1. The van der Waals surface area contributed by atoms with E-state index < -0.39 is 6.04 Å². The van der Waals surface area contributed by atoms with Crippen LogP contribution in [0.3, 0.4) is 0 Å². The van der Waals surface area contributed by atoms with Gasteiger partial charge in [0.15, 0.2) is 0 Å². The van der Waals surface area contributed by atoms with Crippen LogP contribution in [-0.4, -0.2) is 47.5 Å². The second kappa shape index (κ2) is 11.5. The number of anilines is 1. The van der Waals surface area contributed by atoms with E-state index in [9.17, 15) is 9.59 Å². The van der Waals surface area contributed by atoms with Crippen molar-refractivity contribution in [2.45, 2.75) is 46.2 Å². The largest absolute Gasteiger partial charge is 0.496 e. The Morgan fingerprint density at radius 2 is 1.69 bits per heavy atom. The molecule has 2 amide bonds. The van der Waals surface area contributed by atoms with E-state index in [0.717, 1.165) is 28.1 Å². The maximum atomic E-state index is 14.1. The lowest BCUT2D eigenvalue weighted by Crippen LogP contribution is -2.42. The van der Waals surface area contributed by atoms with Crippen LogP contribution >= 0.6 is 23.2 Å². The number of halogens is 2. The molecule has 1 aromatic heterocycles. The summed E-state index contributed by atoms with van der Waals surface area (Å²) in [5.41, 5.74) is 6.34. The molecule has 0 N–H and O–H groups in total. The van der Waals surface area contributed by atoms with Crippen LogP contribution in [-0.2, 0) is 11.2 Å². The number of carbonyl (C=O) groups excluding carboxylic acids is 2. The van der Waals surface area contributed by atoms with Crippen molar-refractivity contribution in [3.05, 3.63) is 98.3 Å². The van der Waals surface area contributed by atoms with Crippen molar-refractivity contribution in [1.29, 1.82) is 0 Å². The Kier molecular flexibility index (Phi) is 8.10. The maximum Gasteiger partial charge on any atom is 0.253 e. The van der Waals surface area contributed by atoms with E-state index >= 15 is 0 Å². The molecule has 1 aliphatic heterocycles. The molecular formula is C33H34Cl2N4O3. The van der Waals surface area contributed by atoms with Gasteiger partial charge >= 0.3 is 0 Å². The van der Waals surface area contributed by atoms with Crippen LogP contribution in [0.5, 0.6) is 5.75 Å². The number of carbonyl (C=O) groups is 2. The van der Waals surface area contributed by atoms with Crippen molar-refractivity contribution >= 4 is 40.7 Å². The minimum atomic E-state index is -0.503. The van der Waals surface area contributed by atoms with Gasteiger partial charge < -0.3 is 14.2 Å². The molecule has 1 atom stereocenters. The molecule has 9 heteroatoms. The molecule has 0 aliphatic carbocycles. The summed E-state index contributed by atoms with van der Waals surface area (Å²) < 4.78 is 7.92. The number of fused-ring (bicyclic) bond motifs is 1. The molecule has 4 aromatic rings. The Bertz CT molecular complexity index is 1710. The Morgan fingerprint density at radius 3 is 2.33 bits per heavy atom. The minimum absolute atomic E-state index is 0.0419. The predicted octanol–water partition coefficient (Wildman–Crippen LogP) is 7.44. The lowest BCUT2D eigenvalue weighted by atomic mass is 9.90. The SMILES string of the molecule is COc1ccc(C(=O)N(C)C)cc1-c1nc2c(n1C(C)C)C(c1ccc(Cl)cc1C)N(c1cc(Cl)ccc1C)C(=O)C2. The predicted molar refractivity (Wildman–Crippen MR) is 168 cm³/mol. The monoisotopic (exact) mass is 604 g/mol. The van der Waals surface area contributed by atoms with Gasteiger partial charge in [0.05, 0.1) is 30.5 Å². The van der Waals surface area contributed by atoms with Gasteiger partial charge in [0, 0.05) is 41.4 Å². The molecule has 0 saturated carbocycles. The van der Waals surface area contributed by atoms with Gasteiger partial charge in [-0.05, 0) is 86.8 Å². The first-order valence-electron chi connectivity index (χ1n) is 13.8. The summed E-state index contributed by atoms with van der Waals surface area (Å²) in [4.78, 5) is 35.5. The molecule has 0 saturated heterocycles. The van der Waals surface area contributed by atoms with Crippen molar-refractivity contribution in [2.24, 2.45) is 0 Å². The first kappa shape index (κ1) is 29.7. The molecule has 7 nitrogen and oxygen atoms in total. The molecule has 1 aliphatic rings. The minimum Gasteiger partial charge on any atom is -0.496 e. The van der Waals surface area contributed by atoms with Gasteiger partial charge in [0.2, 0.25) is 5.91 Å². The number of rotatable bonds is 6. The molecule has 42 heavy (non-hydrogen) atoms. The highest BCUT2D eigenvalue weighted by Crippen LogP contribution is 2.45. The second-order valence-electron chi connectivity index (χ2n) is 11.1. The lowest BCUT2D eigenvalue weighted by molar-refractivity contribution is -0.118. The van der Waals surface area contributed by atoms with Crippen molar-refractivity contribution in [1.82, 2.24) is 14.5 Å². The smallest absolute Gasteiger partial charge is 0.253 e. The molecule has 0 spiro atoms. The fraction of sp³-hybridized carbons (Fsp3) is 0.303.